The SMILES string of the molecule is CC[C@@]1(n2cc(C)c(=O)[nH]c2=O)O[C@H](CO)[C@@H](O)[C@H]1OOC. The van der Waals surface area contributed by atoms with Crippen molar-refractivity contribution in [2.45, 2.75) is 44.3 Å². The van der Waals surface area contributed by atoms with Crippen molar-refractivity contribution in [3.05, 3.63) is 32.6 Å². The van der Waals surface area contributed by atoms with E-state index in [9.17, 15) is 19.8 Å². The van der Waals surface area contributed by atoms with Gasteiger partial charge in [-0.2, -0.15) is 0 Å². The van der Waals surface area contributed by atoms with E-state index in [0.29, 0.717) is 5.56 Å². The van der Waals surface area contributed by atoms with Gasteiger partial charge in [0.15, 0.2) is 11.8 Å². The number of aliphatic hydroxyl groups is 2. The van der Waals surface area contributed by atoms with Crippen LogP contribution >= 0.6 is 0 Å². The Kier molecular flexibility index (Phi) is 4.83. The van der Waals surface area contributed by atoms with Crippen LogP contribution in [-0.4, -0.2) is 51.8 Å². The van der Waals surface area contributed by atoms with E-state index in [0.717, 1.165) is 4.57 Å². The number of hydrogen-bond acceptors (Lipinski definition) is 7. The van der Waals surface area contributed by atoms with Crippen molar-refractivity contribution in [2.75, 3.05) is 13.7 Å². The lowest BCUT2D eigenvalue weighted by molar-refractivity contribution is -0.346. The van der Waals surface area contributed by atoms with Crippen LogP contribution in [0.25, 0.3) is 0 Å². The van der Waals surface area contributed by atoms with Gasteiger partial charge in [-0.15, -0.1) is 0 Å². The normalized spacial score (nSPS) is 31.6. The molecule has 3 N–H and O–H groups in total. The predicted octanol–water partition coefficient (Wildman–Crippen LogP) is -1.39. The smallest absolute Gasteiger partial charge is 0.330 e. The third kappa shape index (κ3) is 2.50. The molecule has 1 saturated heterocycles. The first kappa shape index (κ1) is 16.8. The topological polar surface area (TPSA) is 123 Å². The highest BCUT2D eigenvalue weighted by Gasteiger charge is 2.57. The third-order valence-electron chi connectivity index (χ3n) is 3.91. The molecule has 9 nitrogen and oxygen atoms in total. The molecule has 0 bridgehead atoms. The van der Waals surface area contributed by atoms with Crippen LogP contribution in [0.15, 0.2) is 15.8 Å². The molecule has 22 heavy (non-hydrogen) atoms. The number of aromatic amines is 1. The van der Waals surface area contributed by atoms with E-state index in [1.165, 1.54) is 13.3 Å². The fourth-order valence-corrected chi connectivity index (χ4v) is 2.74. The Morgan fingerprint density at radius 3 is 2.73 bits per heavy atom. The summed E-state index contributed by atoms with van der Waals surface area (Å²) in [5, 5.41) is 19.6. The number of rotatable bonds is 5. The van der Waals surface area contributed by atoms with Crippen molar-refractivity contribution >= 4 is 0 Å². The maximum atomic E-state index is 12.2. The summed E-state index contributed by atoms with van der Waals surface area (Å²) in [6.07, 6.45) is -1.63. The highest BCUT2D eigenvalue weighted by atomic mass is 17.2. The molecule has 1 fully saturated rings. The summed E-state index contributed by atoms with van der Waals surface area (Å²) in [6.45, 7) is 2.81. The lowest BCUT2D eigenvalue weighted by atomic mass is 9.99. The number of hydrogen-bond donors (Lipinski definition) is 3. The van der Waals surface area contributed by atoms with Gasteiger partial charge in [0.25, 0.3) is 5.56 Å². The molecule has 0 unspecified atom stereocenters. The zero-order valence-corrected chi connectivity index (χ0v) is 12.6. The van der Waals surface area contributed by atoms with Crippen LogP contribution in [-0.2, 0) is 20.2 Å². The first-order chi connectivity index (χ1) is 10.4. The minimum absolute atomic E-state index is 0.236. The van der Waals surface area contributed by atoms with Gasteiger partial charge >= 0.3 is 5.69 Å². The van der Waals surface area contributed by atoms with Crippen LogP contribution in [0.5, 0.6) is 0 Å². The van der Waals surface area contributed by atoms with Crippen LogP contribution in [0.4, 0.5) is 0 Å². The highest BCUT2D eigenvalue weighted by Crippen LogP contribution is 2.39. The molecule has 0 saturated carbocycles. The van der Waals surface area contributed by atoms with Gasteiger partial charge in [0.1, 0.15) is 12.2 Å². The predicted molar refractivity (Wildman–Crippen MR) is 74.2 cm³/mol. The molecule has 124 valence electrons. The largest absolute Gasteiger partial charge is 0.394 e. The molecule has 1 aliphatic rings. The molecule has 2 heterocycles. The first-order valence-electron chi connectivity index (χ1n) is 6.90. The molecule has 0 radical (unpaired) electrons. The summed E-state index contributed by atoms with van der Waals surface area (Å²) >= 11 is 0. The molecule has 0 aromatic carbocycles. The molecular weight excluding hydrogens is 296 g/mol. The first-order valence-corrected chi connectivity index (χ1v) is 6.90. The molecule has 0 amide bonds. The Labute approximate surface area is 126 Å². The monoisotopic (exact) mass is 316 g/mol. The number of ether oxygens (including phenoxy) is 1. The van der Waals surface area contributed by atoms with Crippen LogP contribution in [0, 0.1) is 6.92 Å². The minimum atomic E-state index is -1.41. The van der Waals surface area contributed by atoms with E-state index < -0.39 is 41.9 Å². The van der Waals surface area contributed by atoms with Crippen molar-refractivity contribution < 1.29 is 24.7 Å². The van der Waals surface area contributed by atoms with Crippen LogP contribution in [0.1, 0.15) is 18.9 Å². The van der Waals surface area contributed by atoms with Gasteiger partial charge < -0.3 is 14.9 Å². The number of nitrogens with one attached hydrogen (secondary N) is 1. The lowest BCUT2D eigenvalue weighted by Crippen LogP contribution is -2.52. The van der Waals surface area contributed by atoms with Crippen molar-refractivity contribution in [1.82, 2.24) is 9.55 Å². The number of nitrogens with zero attached hydrogens (tertiary/aromatic N) is 1. The Balaban J connectivity index is 2.62. The number of H-pyrrole nitrogens is 1. The van der Waals surface area contributed by atoms with Crippen LogP contribution < -0.4 is 11.2 Å². The molecule has 1 aliphatic heterocycles. The van der Waals surface area contributed by atoms with Crippen LogP contribution in [0.2, 0.25) is 0 Å². The maximum absolute atomic E-state index is 12.2. The van der Waals surface area contributed by atoms with Gasteiger partial charge in [-0.1, -0.05) is 6.92 Å². The van der Waals surface area contributed by atoms with E-state index >= 15 is 0 Å². The second-order valence-electron chi connectivity index (χ2n) is 5.15. The van der Waals surface area contributed by atoms with E-state index in [-0.39, 0.29) is 6.42 Å². The lowest BCUT2D eigenvalue weighted by Gasteiger charge is -2.34. The molecule has 0 spiro atoms. The highest BCUT2D eigenvalue weighted by molar-refractivity contribution is 5.07. The number of aromatic nitrogens is 2. The zero-order valence-electron chi connectivity index (χ0n) is 12.6. The van der Waals surface area contributed by atoms with Crippen LogP contribution in [0.3, 0.4) is 0 Å². The average Bonchev–Trinajstić information content (AvgIpc) is 2.77. The standard InChI is InChI=1S/C13H20N2O7/c1-4-13(15-5-7(2)11(18)14-12(15)19)10(22-20-3)9(17)8(6-16)21-13/h5,8-10,16-17H,4,6H2,1-3H3,(H,14,18,19)/t8-,9-,10-,13-/m1/s1. The average molecular weight is 316 g/mol. The quantitative estimate of drug-likeness (QED) is 0.451. The molecule has 4 atom stereocenters. The second kappa shape index (κ2) is 6.31. The molecule has 9 heteroatoms. The van der Waals surface area contributed by atoms with Crippen molar-refractivity contribution in [2.24, 2.45) is 0 Å². The number of aryl methyl sites for hydroxylation is 1. The van der Waals surface area contributed by atoms with E-state index in [1.54, 1.807) is 13.8 Å². The van der Waals surface area contributed by atoms with Crippen molar-refractivity contribution in [3.8, 4) is 0 Å². The summed E-state index contributed by atoms with van der Waals surface area (Å²) in [5.74, 6) is 0. The van der Waals surface area contributed by atoms with E-state index in [2.05, 4.69) is 9.87 Å². The van der Waals surface area contributed by atoms with Gasteiger partial charge in [0.05, 0.1) is 13.7 Å². The summed E-state index contributed by atoms with van der Waals surface area (Å²) in [6, 6.07) is 0. The summed E-state index contributed by atoms with van der Waals surface area (Å²) in [5.41, 5.74) is -2.31. The van der Waals surface area contributed by atoms with Gasteiger partial charge in [-0.05, 0) is 13.3 Å². The number of aliphatic hydroxyl groups excluding tert-OH is 2. The van der Waals surface area contributed by atoms with Gasteiger partial charge in [0, 0.05) is 11.8 Å². The summed E-state index contributed by atoms with van der Waals surface area (Å²) < 4.78 is 6.88. The van der Waals surface area contributed by atoms with E-state index in [4.69, 9.17) is 9.62 Å². The van der Waals surface area contributed by atoms with Gasteiger partial charge in [0.2, 0.25) is 0 Å². The van der Waals surface area contributed by atoms with Gasteiger partial charge in [-0.3, -0.25) is 14.3 Å². The summed E-state index contributed by atoms with van der Waals surface area (Å²) in [4.78, 5) is 35.7. The fourth-order valence-electron chi connectivity index (χ4n) is 2.74. The molecular formula is C13H20N2O7. The summed E-state index contributed by atoms with van der Waals surface area (Å²) in [7, 11) is 1.26. The zero-order chi connectivity index (χ0) is 16.5. The second-order valence-corrected chi connectivity index (χ2v) is 5.15. The molecule has 2 rings (SSSR count). The van der Waals surface area contributed by atoms with E-state index in [1.807, 2.05) is 0 Å². The third-order valence-corrected chi connectivity index (χ3v) is 3.91. The maximum Gasteiger partial charge on any atom is 0.330 e. The molecule has 1 aromatic heterocycles. The Morgan fingerprint density at radius 1 is 1.50 bits per heavy atom. The Hall–Kier alpha value is -1.52. The fraction of sp³-hybridized carbons (Fsp3) is 0.692. The minimum Gasteiger partial charge on any atom is -0.394 e. The molecule has 1 aromatic rings. The van der Waals surface area contributed by atoms with Crippen molar-refractivity contribution in [3.63, 3.8) is 0 Å². The van der Waals surface area contributed by atoms with Crippen molar-refractivity contribution in [1.29, 1.82) is 0 Å². The van der Waals surface area contributed by atoms with Gasteiger partial charge in [-0.25, -0.2) is 14.6 Å². The Bertz CT molecular complexity index is 640. The Morgan fingerprint density at radius 2 is 2.18 bits per heavy atom. The molecule has 0 aliphatic carbocycles.